The Kier molecular flexibility index (Phi) is 66.8. The van der Waals surface area contributed by atoms with Crippen molar-refractivity contribution in [3.05, 3.63) is 0 Å². The molecule has 0 radical (unpaired) electrons. The third-order valence-electron chi connectivity index (χ3n) is 17.5. The zero-order valence-corrected chi connectivity index (χ0v) is 62.9. The molecule has 0 bridgehead atoms. The molecule has 0 heterocycles. The van der Waals surface area contributed by atoms with E-state index >= 15 is 0 Å². The first-order valence-corrected chi connectivity index (χ1v) is 42.1. The summed E-state index contributed by atoms with van der Waals surface area (Å²) in [5.41, 5.74) is 0. The highest BCUT2D eigenvalue weighted by molar-refractivity contribution is 7.47. The van der Waals surface area contributed by atoms with Gasteiger partial charge in [-0.15, -0.1) is 0 Å². The molecule has 94 heavy (non-hydrogen) atoms. The Morgan fingerprint density at radius 2 is 0.489 bits per heavy atom. The summed E-state index contributed by atoms with van der Waals surface area (Å²) in [5.74, 6) is -1.40. The van der Waals surface area contributed by atoms with Crippen LogP contribution in [-0.4, -0.2) is 96.7 Å². The second kappa shape index (κ2) is 68.2. The predicted molar refractivity (Wildman–Crippen MR) is 382 cm³/mol. The van der Waals surface area contributed by atoms with Crippen LogP contribution >= 0.6 is 15.6 Å². The van der Waals surface area contributed by atoms with Gasteiger partial charge in [0.1, 0.15) is 19.3 Å². The summed E-state index contributed by atoms with van der Waals surface area (Å²) < 4.78 is 68.4. The minimum atomic E-state index is -4.96. The number of aliphatic hydroxyl groups is 1. The van der Waals surface area contributed by atoms with Crippen LogP contribution in [0.3, 0.4) is 0 Å². The van der Waals surface area contributed by atoms with Crippen LogP contribution in [0.2, 0.25) is 0 Å². The van der Waals surface area contributed by atoms with E-state index in [1.54, 1.807) is 0 Å². The SMILES string of the molecule is CCCCCCCCCCCCCCCCCCCCCC(=O)O[C@H](COC(=O)CCCCCCCCCCCCCCCCC)COP(=O)(O)OC[C@@H](O)COP(=O)(O)OC[C@@H](COC(=O)CCCCCCCCCCC)OC(=O)CCCCCCCCCCC(C)C. The Morgan fingerprint density at radius 3 is 0.723 bits per heavy atom. The van der Waals surface area contributed by atoms with E-state index in [1.165, 1.54) is 218 Å². The summed E-state index contributed by atoms with van der Waals surface area (Å²) in [6.07, 6.45) is 57.0. The van der Waals surface area contributed by atoms with Gasteiger partial charge in [-0.2, -0.15) is 0 Å². The zero-order chi connectivity index (χ0) is 69.1. The third-order valence-corrected chi connectivity index (χ3v) is 19.4. The van der Waals surface area contributed by atoms with Crippen LogP contribution in [0, 0.1) is 5.92 Å². The normalized spacial score (nSPS) is 14.0. The standard InChI is InChI=1S/C75H146O17P2/c1-6-9-12-15-18-21-23-25-27-28-29-30-32-34-36-39-45-50-55-60-74(79)91-70(65-86-73(78)59-54-49-44-38-35-33-31-26-24-22-19-16-13-10-7-2)66-89-93(81,82)87-62-69(76)63-88-94(83,84)90-67-71(64-85-72(77)58-53-48-43-37-20-17-14-11-8-3)92-75(80)61-56-51-46-41-40-42-47-52-57-68(4)5/h68-71,76H,6-67H2,1-5H3,(H,81,82)(H,83,84)/t69-,70-,71-/m1/s1. The maximum Gasteiger partial charge on any atom is 0.472 e. The first-order chi connectivity index (χ1) is 45.5. The minimum absolute atomic E-state index is 0.105. The molecule has 0 rings (SSSR count). The summed E-state index contributed by atoms with van der Waals surface area (Å²) in [6, 6.07) is 0. The van der Waals surface area contributed by atoms with E-state index in [4.69, 9.17) is 37.0 Å². The van der Waals surface area contributed by atoms with Crippen molar-refractivity contribution in [3.63, 3.8) is 0 Å². The number of esters is 4. The summed E-state index contributed by atoms with van der Waals surface area (Å²) in [4.78, 5) is 72.7. The number of hydrogen-bond donors (Lipinski definition) is 3. The molecule has 0 spiro atoms. The van der Waals surface area contributed by atoms with Gasteiger partial charge in [-0.05, 0) is 31.6 Å². The molecule has 0 aromatic heterocycles. The Morgan fingerprint density at radius 1 is 0.287 bits per heavy atom. The van der Waals surface area contributed by atoms with Crippen molar-refractivity contribution in [3.8, 4) is 0 Å². The molecule has 2 unspecified atom stereocenters. The molecule has 5 atom stereocenters. The highest BCUT2D eigenvalue weighted by Gasteiger charge is 2.30. The van der Waals surface area contributed by atoms with Gasteiger partial charge < -0.3 is 33.8 Å². The lowest BCUT2D eigenvalue weighted by Gasteiger charge is -2.21. The van der Waals surface area contributed by atoms with Crippen molar-refractivity contribution in [2.45, 2.75) is 412 Å². The summed E-state index contributed by atoms with van der Waals surface area (Å²) in [7, 11) is -9.90. The van der Waals surface area contributed by atoms with Crippen LogP contribution < -0.4 is 0 Å². The topological polar surface area (TPSA) is 237 Å². The number of phosphoric acid groups is 2. The summed E-state index contributed by atoms with van der Waals surface area (Å²) in [6.45, 7) is 7.23. The van der Waals surface area contributed by atoms with Crippen molar-refractivity contribution in [2.24, 2.45) is 5.92 Å². The Labute approximate surface area is 575 Å². The first-order valence-electron chi connectivity index (χ1n) is 39.1. The minimum Gasteiger partial charge on any atom is -0.462 e. The van der Waals surface area contributed by atoms with Gasteiger partial charge in [-0.3, -0.25) is 37.3 Å². The van der Waals surface area contributed by atoms with E-state index in [-0.39, 0.29) is 25.7 Å². The molecule has 19 heteroatoms. The fraction of sp³-hybridized carbons (Fsp3) is 0.947. The van der Waals surface area contributed by atoms with E-state index in [0.29, 0.717) is 25.7 Å². The fourth-order valence-corrected chi connectivity index (χ4v) is 13.1. The van der Waals surface area contributed by atoms with Crippen molar-refractivity contribution in [1.29, 1.82) is 0 Å². The van der Waals surface area contributed by atoms with E-state index < -0.39 is 97.5 Å². The molecular weight excluding hydrogens is 1230 g/mol. The molecule has 0 fully saturated rings. The molecule has 0 aromatic carbocycles. The fourth-order valence-electron chi connectivity index (χ4n) is 11.5. The molecule has 0 aromatic rings. The zero-order valence-electron chi connectivity index (χ0n) is 61.1. The van der Waals surface area contributed by atoms with Crippen LogP contribution in [0.25, 0.3) is 0 Å². The van der Waals surface area contributed by atoms with Gasteiger partial charge in [0, 0.05) is 25.7 Å². The molecule has 0 aliphatic rings. The van der Waals surface area contributed by atoms with E-state index in [2.05, 4.69) is 34.6 Å². The maximum absolute atomic E-state index is 13.1. The van der Waals surface area contributed by atoms with E-state index in [9.17, 15) is 43.2 Å². The van der Waals surface area contributed by atoms with E-state index in [0.717, 1.165) is 95.8 Å². The summed E-state index contributed by atoms with van der Waals surface area (Å²) in [5, 5.41) is 10.6. The van der Waals surface area contributed by atoms with Crippen LogP contribution in [-0.2, 0) is 65.4 Å². The van der Waals surface area contributed by atoms with Crippen LogP contribution in [0.1, 0.15) is 394 Å². The number of carbonyl (C=O) groups is 4. The molecule has 0 aliphatic heterocycles. The average Bonchev–Trinajstić information content (AvgIpc) is 1.79. The molecule has 17 nitrogen and oxygen atoms in total. The van der Waals surface area contributed by atoms with Gasteiger partial charge >= 0.3 is 39.5 Å². The van der Waals surface area contributed by atoms with Crippen LogP contribution in [0.5, 0.6) is 0 Å². The van der Waals surface area contributed by atoms with Crippen molar-refractivity contribution in [1.82, 2.24) is 0 Å². The number of hydrogen-bond acceptors (Lipinski definition) is 15. The number of ether oxygens (including phenoxy) is 4. The van der Waals surface area contributed by atoms with Gasteiger partial charge in [0.2, 0.25) is 0 Å². The third kappa shape index (κ3) is 68.6. The van der Waals surface area contributed by atoms with Gasteiger partial charge in [-0.25, -0.2) is 9.13 Å². The highest BCUT2D eigenvalue weighted by atomic mass is 31.2. The molecule has 0 saturated heterocycles. The Bertz CT molecular complexity index is 1810. The highest BCUT2D eigenvalue weighted by Crippen LogP contribution is 2.45. The smallest absolute Gasteiger partial charge is 0.462 e. The number of unbranched alkanes of at least 4 members (excludes halogenated alkanes) is 47. The predicted octanol–water partition coefficient (Wildman–Crippen LogP) is 22.1. The maximum atomic E-state index is 13.1. The molecule has 0 amide bonds. The van der Waals surface area contributed by atoms with Gasteiger partial charge in [0.15, 0.2) is 12.2 Å². The Hall–Kier alpha value is -1.94. The number of phosphoric ester groups is 2. The van der Waals surface area contributed by atoms with Crippen LogP contribution in [0.15, 0.2) is 0 Å². The van der Waals surface area contributed by atoms with Crippen molar-refractivity contribution < 1.29 is 80.2 Å². The van der Waals surface area contributed by atoms with Gasteiger partial charge in [-0.1, -0.05) is 343 Å². The lowest BCUT2D eigenvalue weighted by atomic mass is 10.0. The Balaban J connectivity index is 5.21. The number of carbonyl (C=O) groups excluding carboxylic acids is 4. The van der Waals surface area contributed by atoms with Gasteiger partial charge in [0.25, 0.3) is 0 Å². The summed E-state index contributed by atoms with van der Waals surface area (Å²) >= 11 is 0. The van der Waals surface area contributed by atoms with Gasteiger partial charge in [0.05, 0.1) is 26.4 Å². The van der Waals surface area contributed by atoms with Crippen molar-refractivity contribution >= 4 is 39.5 Å². The monoisotopic (exact) mass is 1380 g/mol. The lowest BCUT2D eigenvalue weighted by Crippen LogP contribution is -2.30. The number of aliphatic hydroxyl groups excluding tert-OH is 1. The molecule has 0 saturated carbocycles. The quantitative estimate of drug-likeness (QED) is 0.0222. The van der Waals surface area contributed by atoms with Crippen LogP contribution in [0.4, 0.5) is 0 Å². The molecular formula is C75H146O17P2. The largest absolute Gasteiger partial charge is 0.472 e. The second-order valence-corrected chi connectivity index (χ2v) is 30.4. The lowest BCUT2D eigenvalue weighted by molar-refractivity contribution is -0.161. The number of rotatable bonds is 75. The van der Waals surface area contributed by atoms with E-state index in [1.807, 2.05) is 0 Å². The molecule has 558 valence electrons. The molecule has 3 N–H and O–H groups in total. The van der Waals surface area contributed by atoms with Crippen molar-refractivity contribution in [2.75, 3.05) is 39.6 Å². The first kappa shape index (κ1) is 92.1. The molecule has 0 aliphatic carbocycles. The second-order valence-electron chi connectivity index (χ2n) is 27.5. The average molecular weight is 1380 g/mol.